The molecule has 1 aromatic heterocycles. The Balaban J connectivity index is 1.41. The van der Waals surface area contributed by atoms with Gasteiger partial charge in [0.25, 0.3) is 10.0 Å². The van der Waals surface area contributed by atoms with Gasteiger partial charge in [0.2, 0.25) is 5.91 Å². The molecular formula is C29H29ClN4O5S. The fraction of sp³-hybridized carbons (Fsp3) is 0.276. The van der Waals surface area contributed by atoms with E-state index in [2.05, 4.69) is 10.6 Å². The summed E-state index contributed by atoms with van der Waals surface area (Å²) in [7, 11) is -2.15. The first-order valence-electron chi connectivity index (χ1n) is 13.0. The topological polar surface area (TPSA) is 105 Å². The molecule has 1 saturated heterocycles. The molecule has 0 spiro atoms. The minimum Gasteiger partial charge on any atom is -0.489 e. The zero-order valence-electron chi connectivity index (χ0n) is 22.0. The lowest BCUT2D eigenvalue weighted by Crippen LogP contribution is -2.50. The summed E-state index contributed by atoms with van der Waals surface area (Å²) in [6, 6.07) is 22.0. The van der Waals surface area contributed by atoms with E-state index >= 15 is 0 Å². The third kappa shape index (κ3) is 4.65. The van der Waals surface area contributed by atoms with Gasteiger partial charge in [-0.15, -0.1) is 0 Å². The molecule has 0 radical (unpaired) electrons. The predicted octanol–water partition coefficient (Wildman–Crippen LogP) is 3.75. The molecule has 2 aliphatic rings. The molecule has 208 valence electrons. The minimum atomic E-state index is -4.01. The summed E-state index contributed by atoms with van der Waals surface area (Å²) in [6.45, 7) is 2.17. The van der Waals surface area contributed by atoms with Gasteiger partial charge in [0.05, 0.1) is 22.6 Å². The van der Waals surface area contributed by atoms with Gasteiger partial charge < -0.3 is 19.7 Å². The lowest BCUT2D eigenvalue weighted by Gasteiger charge is -2.25. The van der Waals surface area contributed by atoms with Gasteiger partial charge in [0.15, 0.2) is 0 Å². The number of aromatic nitrogens is 1. The number of anilines is 1. The highest BCUT2D eigenvalue weighted by atomic mass is 35.5. The number of carbonyl (C=O) groups is 1. The van der Waals surface area contributed by atoms with Crippen molar-refractivity contribution in [1.82, 2.24) is 14.6 Å². The molecule has 9 nitrogen and oxygen atoms in total. The second-order valence-corrected chi connectivity index (χ2v) is 12.0. The first-order valence-corrected chi connectivity index (χ1v) is 14.8. The average molecular weight is 581 g/mol. The van der Waals surface area contributed by atoms with Crippen LogP contribution in [0.5, 0.6) is 5.75 Å². The molecule has 1 amide bonds. The second-order valence-electron chi connectivity index (χ2n) is 9.89. The van der Waals surface area contributed by atoms with E-state index in [1.165, 1.54) is 12.1 Å². The number of para-hydroxylation sites is 3. The van der Waals surface area contributed by atoms with Crippen LogP contribution in [0.15, 0.2) is 83.8 Å². The number of epoxide rings is 1. The highest BCUT2D eigenvalue weighted by Crippen LogP contribution is 2.38. The van der Waals surface area contributed by atoms with E-state index in [1.807, 2.05) is 50.4 Å². The van der Waals surface area contributed by atoms with Crippen molar-refractivity contribution in [3.05, 3.63) is 89.6 Å². The molecule has 4 unspecified atom stereocenters. The van der Waals surface area contributed by atoms with E-state index in [0.717, 1.165) is 3.97 Å². The van der Waals surface area contributed by atoms with Crippen LogP contribution in [0.25, 0.3) is 10.9 Å². The van der Waals surface area contributed by atoms with Crippen LogP contribution in [0.2, 0.25) is 5.15 Å². The molecule has 0 aliphatic carbocycles. The van der Waals surface area contributed by atoms with E-state index in [9.17, 15) is 13.2 Å². The van der Waals surface area contributed by atoms with Gasteiger partial charge in [-0.3, -0.25) is 10.1 Å². The van der Waals surface area contributed by atoms with Crippen LogP contribution < -0.4 is 20.3 Å². The summed E-state index contributed by atoms with van der Waals surface area (Å²) in [5, 5.41) is 7.12. The van der Waals surface area contributed by atoms with Crippen LogP contribution in [-0.4, -0.2) is 56.4 Å². The number of likely N-dealkylation sites (N-methyl/N-ethyl adjacent to an activating group) is 1. The van der Waals surface area contributed by atoms with Crippen molar-refractivity contribution >= 4 is 44.1 Å². The van der Waals surface area contributed by atoms with Crippen LogP contribution in [-0.2, 0) is 26.1 Å². The molecule has 4 atom stereocenters. The Morgan fingerprint density at radius 3 is 2.50 bits per heavy atom. The number of halogens is 1. The number of benzene rings is 3. The lowest BCUT2D eigenvalue weighted by atomic mass is 10.1. The largest absolute Gasteiger partial charge is 0.489 e. The van der Waals surface area contributed by atoms with Gasteiger partial charge in [0, 0.05) is 17.0 Å². The first-order chi connectivity index (χ1) is 19.3. The fourth-order valence-electron chi connectivity index (χ4n) is 5.12. The first kappa shape index (κ1) is 26.8. The Kier molecular flexibility index (Phi) is 7.05. The molecule has 0 bridgehead atoms. The zero-order valence-corrected chi connectivity index (χ0v) is 23.5. The molecule has 4 aromatic rings. The Labute approximate surface area is 237 Å². The van der Waals surface area contributed by atoms with Gasteiger partial charge in [0.1, 0.15) is 35.9 Å². The zero-order chi connectivity index (χ0) is 28.0. The van der Waals surface area contributed by atoms with Crippen molar-refractivity contribution in [1.29, 1.82) is 0 Å². The van der Waals surface area contributed by atoms with Crippen molar-refractivity contribution in [2.45, 2.75) is 42.8 Å². The molecule has 3 heterocycles. The molecular weight excluding hydrogens is 552 g/mol. The van der Waals surface area contributed by atoms with Crippen LogP contribution in [0, 0.1) is 0 Å². The maximum Gasteiger partial charge on any atom is 0.269 e. The minimum absolute atomic E-state index is 0.0263. The summed E-state index contributed by atoms with van der Waals surface area (Å²) in [6.07, 6.45) is -0.350. The van der Waals surface area contributed by atoms with Crippen molar-refractivity contribution in [3.8, 4) is 5.75 Å². The number of rotatable bonds is 8. The number of carbonyl (C=O) groups excluding carboxylic acids is 1. The Morgan fingerprint density at radius 2 is 1.73 bits per heavy atom. The summed E-state index contributed by atoms with van der Waals surface area (Å²) in [5.74, 6) is 0.323. The highest BCUT2D eigenvalue weighted by Gasteiger charge is 2.46. The van der Waals surface area contributed by atoms with Gasteiger partial charge in [-0.25, -0.2) is 12.4 Å². The molecule has 40 heavy (non-hydrogen) atoms. The quantitative estimate of drug-likeness (QED) is 0.306. The Hall–Kier alpha value is -3.41. The highest BCUT2D eigenvalue weighted by molar-refractivity contribution is 7.90. The van der Waals surface area contributed by atoms with E-state index in [0.29, 0.717) is 27.9 Å². The number of fused-ring (bicyclic) bond motifs is 2. The fourth-order valence-corrected chi connectivity index (χ4v) is 7.10. The number of hydrogen-bond donors (Lipinski definition) is 2. The monoisotopic (exact) mass is 580 g/mol. The summed E-state index contributed by atoms with van der Waals surface area (Å²) >= 11 is 6.89. The third-order valence-corrected chi connectivity index (χ3v) is 9.66. The number of ether oxygens (including phenoxy) is 2. The van der Waals surface area contributed by atoms with Crippen LogP contribution in [0.3, 0.4) is 0 Å². The lowest BCUT2D eigenvalue weighted by molar-refractivity contribution is -0.121. The molecule has 2 aliphatic heterocycles. The summed E-state index contributed by atoms with van der Waals surface area (Å²) in [5.41, 5.74) is 1.53. The molecule has 1 fully saturated rings. The number of amides is 1. The number of hydrogen-bond acceptors (Lipinski definition) is 7. The van der Waals surface area contributed by atoms with Crippen LogP contribution in [0.1, 0.15) is 12.5 Å². The van der Waals surface area contributed by atoms with E-state index in [4.69, 9.17) is 21.1 Å². The molecule has 3 aromatic carbocycles. The normalized spacial score (nSPS) is 21.5. The SMILES string of the molecule is CNC(C)C1OC1NC1COc2ccccc2N(Cc2c(Cl)n(S(=O)(=O)c3ccccc3)c3ccccc23)C1=O. The number of nitrogens with one attached hydrogen (secondary N) is 2. The Bertz CT molecular complexity index is 1680. The van der Waals surface area contributed by atoms with Gasteiger partial charge in [-0.2, -0.15) is 0 Å². The van der Waals surface area contributed by atoms with E-state index in [1.54, 1.807) is 35.2 Å². The maximum absolute atomic E-state index is 14.0. The maximum atomic E-state index is 14.0. The second kappa shape index (κ2) is 10.5. The van der Waals surface area contributed by atoms with Crippen molar-refractivity contribution in [3.63, 3.8) is 0 Å². The molecule has 0 saturated carbocycles. The molecule has 2 N–H and O–H groups in total. The predicted molar refractivity (Wildman–Crippen MR) is 153 cm³/mol. The molecule has 6 rings (SSSR count). The van der Waals surface area contributed by atoms with Crippen molar-refractivity contribution in [2.75, 3.05) is 18.6 Å². The van der Waals surface area contributed by atoms with Gasteiger partial charge in [-0.1, -0.05) is 60.1 Å². The van der Waals surface area contributed by atoms with E-state index < -0.39 is 16.1 Å². The van der Waals surface area contributed by atoms with Crippen molar-refractivity contribution in [2.24, 2.45) is 0 Å². The smallest absolute Gasteiger partial charge is 0.269 e. The summed E-state index contributed by atoms with van der Waals surface area (Å²) in [4.78, 5) is 15.8. The third-order valence-electron chi connectivity index (χ3n) is 7.44. The van der Waals surface area contributed by atoms with E-state index in [-0.39, 0.29) is 47.5 Å². The van der Waals surface area contributed by atoms with Crippen LogP contribution >= 0.6 is 11.6 Å². The standard InChI is InChI=1S/C29H29ClN4O5S/c1-18(31-2)26-28(39-26)32-22-17-38-25-15-9-8-14-24(25)33(29(22)35)16-21-20-12-6-7-13-23(20)34(27(21)30)40(36,37)19-10-4-3-5-11-19/h3-15,18,22,26,28,31-32H,16-17H2,1-2H3. The molecule has 11 heteroatoms. The summed E-state index contributed by atoms with van der Waals surface area (Å²) < 4.78 is 40.4. The Morgan fingerprint density at radius 1 is 1.02 bits per heavy atom. The number of nitrogens with zero attached hydrogens (tertiary/aromatic N) is 2. The van der Waals surface area contributed by atoms with Crippen molar-refractivity contribution < 1.29 is 22.7 Å². The van der Waals surface area contributed by atoms with Gasteiger partial charge in [-0.05, 0) is 44.3 Å². The van der Waals surface area contributed by atoms with Crippen LogP contribution in [0.4, 0.5) is 5.69 Å². The average Bonchev–Trinajstić information content (AvgIpc) is 3.71. The van der Waals surface area contributed by atoms with Gasteiger partial charge >= 0.3 is 0 Å².